The minimum Gasteiger partial charge on any atom is -0.491 e. The zero-order valence-corrected chi connectivity index (χ0v) is 12.0. The zero-order valence-electron chi connectivity index (χ0n) is 12.0. The SMILES string of the molecule is CC(C)Oc1ccc(-n2cc(CCO)c(C(=O)O)n2)cc1. The van der Waals surface area contributed by atoms with E-state index >= 15 is 0 Å². The summed E-state index contributed by atoms with van der Waals surface area (Å²) in [6.45, 7) is 3.77. The van der Waals surface area contributed by atoms with Crippen molar-refractivity contribution in [2.24, 2.45) is 0 Å². The quantitative estimate of drug-likeness (QED) is 0.848. The second-order valence-electron chi connectivity index (χ2n) is 4.89. The van der Waals surface area contributed by atoms with Gasteiger partial charge in [-0.2, -0.15) is 5.10 Å². The molecule has 21 heavy (non-hydrogen) atoms. The Labute approximate surface area is 122 Å². The maximum absolute atomic E-state index is 11.1. The molecule has 0 bridgehead atoms. The molecule has 0 saturated heterocycles. The van der Waals surface area contributed by atoms with Gasteiger partial charge in [-0.05, 0) is 44.5 Å². The summed E-state index contributed by atoms with van der Waals surface area (Å²) in [5.74, 6) is -0.355. The Morgan fingerprint density at radius 2 is 2.00 bits per heavy atom. The van der Waals surface area contributed by atoms with Crippen molar-refractivity contribution in [1.29, 1.82) is 0 Å². The molecule has 6 heteroatoms. The van der Waals surface area contributed by atoms with Crippen LogP contribution < -0.4 is 4.74 Å². The first-order valence-electron chi connectivity index (χ1n) is 6.71. The number of aromatic carboxylic acids is 1. The molecule has 6 nitrogen and oxygen atoms in total. The third-order valence-corrected chi connectivity index (χ3v) is 2.85. The molecular weight excluding hydrogens is 272 g/mol. The van der Waals surface area contributed by atoms with Crippen molar-refractivity contribution in [1.82, 2.24) is 9.78 Å². The summed E-state index contributed by atoms with van der Waals surface area (Å²) >= 11 is 0. The van der Waals surface area contributed by atoms with E-state index in [0.717, 1.165) is 11.4 Å². The van der Waals surface area contributed by atoms with Gasteiger partial charge in [0.1, 0.15) is 5.75 Å². The van der Waals surface area contributed by atoms with Gasteiger partial charge in [0.05, 0.1) is 11.8 Å². The van der Waals surface area contributed by atoms with Crippen molar-refractivity contribution in [3.05, 3.63) is 41.7 Å². The smallest absolute Gasteiger partial charge is 0.356 e. The molecule has 0 aliphatic rings. The predicted molar refractivity (Wildman–Crippen MR) is 77.1 cm³/mol. The first-order chi connectivity index (χ1) is 10.0. The van der Waals surface area contributed by atoms with Crippen LogP contribution in [0.3, 0.4) is 0 Å². The minimum absolute atomic E-state index is 0.0356. The number of ether oxygens (including phenoxy) is 1. The number of carbonyl (C=O) groups is 1. The average molecular weight is 290 g/mol. The highest BCUT2D eigenvalue weighted by molar-refractivity contribution is 5.87. The summed E-state index contributed by atoms with van der Waals surface area (Å²) in [6, 6.07) is 7.23. The first kappa shape index (κ1) is 15.1. The van der Waals surface area contributed by atoms with Crippen LogP contribution in [0.2, 0.25) is 0 Å². The van der Waals surface area contributed by atoms with Crippen molar-refractivity contribution < 1.29 is 19.7 Å². The molecule has 2 aromatic rings. The van der Waals surface area contributed by atoms with Crippen LogP contribution in [0.15, 0.2) is 30.5 Å². The highest BCUT2D eigenvalue weighted by atomic mass is 16.5. The maximum Gasteiger partial charge on any atom is 0.356 e. The van der Waals surface area contributed by atoms with E-state index in [1.54, 1.807) is 18.3 Å². The van der Waals surface area contributed by atoms with Crippen LogP contribution in [-0.2, 0) is 6.42 Å². The average Bonchev–Trinajstić information content (AvgIpc) is 2.83. The Morgan fingerprint density at radius 3 is 2.52 bits per heavy atom. The summed E-state index contributed by atoms with van der Waals surface area (Å²) in [4.78, 5) is 11.1. The Bertz CT molecular complexity index is 617. The normalized spacial score (nSPS) is 10.9. The van der Waals surface area contributed by atoms with Gasteiger partial charge in [-0.1, -0.05) is 0 Å². The monoisotopic (exact) mass is 290 g/mol. The van der Waals surface area contributed by atoms with Gasteiger partial charge in [0.25, 0.3) is 0 Å². The number of carboxylic acids is 1. The van der Waals surface area contributed by atoms with Crippen LogP contribution in [0.5, 0.6) is 5.75 Å². The maximum atomic E-state index is 11.1. The van der Waals surface area contributed by atoms with Crippen molar-refractivity contribution in [2.75, 3.05) is 6.61 Å². The Morgan fingerprint density at radius 1 is 1.33 bits per heavy atom. The van der Waals surface area contributed by atoms with Gasteiger partial charge in [-0.25, -0.2) is 9.48 Å². The second-order valence-corrected chi connectivity index (χ2v) is 4.89. The third-order valence-electron chi connectivity index (χ3n) is 2.85. The van der Waals surface area contributed by atoms with Crippen LogP contribution in [0.4, 0.5) is 0 Å². The standard InChI is InChI=1S/C15H18N2O4/c1-10(2)21-13-5-3-12(4-6-13)17-9-11(7-8-18)14(16-17)15(19)20/h3-6,9-10,18H,7-8H2,1-2H3,(H,19,20). The number of carboxylic acid groups (broad SMARTS) is 1. The van der Waals surface area contributed by atoms with Gasteiger partial charge in [0, 0.05) is 18.4 Å². The summed E-state index contributed by atoms with van der Waals surface area (Å²) in [6.07, 6.45) is 1.98. The second kappa shape index (κ2) is 6.41. The number of aromatic nitrogens is 2. The number of benzene rings is 1. The van der Waals surface area contributed by atoms with Crippen molar-refractivity contribution in [2.45, 2.75) is 26.4 Å². The van der Waals surface area contributed by atoms with E-state index in [-0.39, 0.29) is 24.8 Å². The van der Waals surface area contributed by atoms with E-state index in [4.69, 9.17) is 14.9 Å². The summed E-state index contributed by atoms with van der Waals surface area (Å²) in [5.41, 5.74) is 1.21. The Balaban J connectivity index is 2.29. The zero-order chi connectivity index (χ0) is 15.4. The summed E-state index contributed by atoms with van der Waals surface area (Å²) in [7, 11) is 0. The van der Waals surface area contributed by atoms with Crippen LogP contribution >= 0.6 is 0 Å². The van der Waals surface area contributed by atoms with E-state index < -0.39 is 5.97 Å². The Hall–Kier alpha value is -2.34. The fourth-order valence-corrected chi connectivity index (χ4v) is 1.97. The largest absolute Gasteiger partial charge is 0.491 e. The van der Waals surface area contributed by atoms with Crippen LogP contribution in [-0.4, -0.2) is 38.7 Å². The van der Waals surface area contributed by atoms with Gasteiger partial charge < -0.3 is 14.9 Å². The Kier molecular flexibility index (Phi) is 4.59. The molecule has 1 aromatic carbocycles. The molecule has 1 heterocycles. The lowest BCUT2D eigenvalue weighted by Gasteiger charge is -2.10. The van der Waals surface area contributed by atoms with Gasteiger partial charge in [0.2, 0.25) is 0 Å². The molecule has 112 valence electrons. The summed E-state index contributed by atoms with van der Waals surface area (Å²) < 4.78 is 7.05. The van der Waals surface area contributed by atoms with Crippen LogP contribution in [0.25, 0.3) is 5.69 Å². The minimum atomic E-state index is -1.10. The number of nitrogens with zero attached hydrogens (tertiary/aromatic N) is 2. The van der Waals surface area contributed by atoms with Crippen molar-refractivity contribution in [3.8, 4) is 11.4 Å². The fourth-order valence-electron chi connectivity index (χ4n) is 1.97. The summed E-state index contributed by atoms with van der Waals surface area (Å²) in [5, 5.41) is 22.2. The lowest BCUT2D eigenvalue weighted by Crippen LogP contribution is -2.05. The highest BCUT2D eigenvalue weighted by Gasteiger charge is 2.16. The van der Waals surface area contributed by atoms with Gasteiger partial charge in [0.15, 0.2) is 5.69 Å². The number of aliphatic hydroxyl groups is 1. The molecule has 2 rings (SSSR count). The van der Waals surface area contributed by atoms with Gasteiger partial charge >= 0.3 is 5.97 Å². The molecule has 0 spiro atoms. The van der Waals surface area contributed by atoms with E-state index in [1.807, 2.05) is 26.0 Å². The number of hydrogen-bond donors (Lipinski definition) is 2. The molecule has 0 unspecified atom stereocenters. The molecule has 0 fully saturated rings. The molecular formula is C15H18N2O4. The molecule has 0 aliphatic carbocycles. The van der Waals surface area contributed by atoms with E-state index in [2.05, 4.69) is 5.10 Å². The molecule has 0 amide bonds. The van der Waals surface area contributed by atoms with Gasteiger partial charge in [-0.15, -0.1) is 0 Å². The molecule has 0 aliphatic heterocycles. The van der Waals surface area contributed by atoms with E-state index in [9.17, 15) is 4.79 Å². The molecule has 0 radical (unpaired) electrons. The molecule has 1 aromatic heterocycles. The predicted octanol–water partition coefficient (Wildman–Crippen LogP) is 1.89. The number of aliphatic hydroxyl groups excluding tert-OH is 1. The molecule has 0 saturated carbocycles. The van der Waals surface area contributed by atoms with Crippen LogP contribution in [0, 0.1) is 0 Å². The van der Waals surface area contributed by atoms with E-state index in [0.29, 0.717) is 5.56 Å². The van der Waals surface area contributed by atoms with Gasteiger partial charge in [-0.3, -0.25) is 0 Å². The molecule has 2 N–H and O–H groups in total. The topological polar surface area (TPSA) is 84.6 Å². The lowest BCUT2D eigenvalue weighted by molar-refractivity contribution is 0.0688. The molecule has 0 atom stereocenters. The van der Waals surface area contributed by atoms with Crippen LogP contribution in [0.1, 0.15) is 29.9 Å². The fraction of sp³-hybridized carbons (Fsp3) is 0.333. The van der Waals surface area contributed by atoms with Crippen molar-refractivity contribution >= 4 is 5.97 Å². The highest BCUT2D eigenvalue weighted by Crippen LogP contribution is 2.18. The van der Waals surface area contributed by atoms with E-state index in [1.165, 1.54) is 4.68 Å². The third kappa shape index (κ3) is 3.61. The van der Waals surface area contributed by atoms with Crippen molar-refractivity contribution in [3.63, 3.8) is 0 Å². The first-order valence-corrected chi connectivity index (χ1v) is 6.71. The lowest BCUT2D eigenvalue weighted by atomic mass is 10.2. The number of hydrogen-bond acceptors (Lipinski definition) is 4. The number of rotatable bonds is 6.